The molecule has 0 atom stereocenters. The lowest BCUT2D eigenvalue weighted by molar-refractivity contribution is 0.694. The fraction of sp³-hybridized carbons (Fsp3) is 0.111. The quantitative estimate of drug-likeness (QED) is 0.348. The minimum absolute atomic E-state index is 0.203. The van der Waals surface area contributed by atoms with E-state index in [1.54, 1.807) is 0 Å². The van der Waals surface area contributed by atoms with E-state index in [0.717, 1.165) is 0 Å². The molecule has 0 unspecified atom stereocenters. The Balaban J connectivity index is 1.46. The number of aromatic nitrogens is 1. The maximum atomic E-state index is 2.37. The number of anilines is 2. The predicted molar refractivity (Wildman–Crippen MR) is 127 cm³/mol. The fourth-order valence-electron chi connectivity index (χ4n) is 5.03. The summed E-state index contributed by atoms with van der Waals surface area (Å²) in [6.45, 7) is 0. The second kappa shape index (κ2) is 6.39. The summed E-state index contributed by atoms with van der Waals surface area (Å²) in [4.78, 5) is 4.70. The molecule has 0 fully saturated rings. The second-order valence-electron chi connectivity index (χ2n) is 8.05. The molecule has 5 aromatic rings. The Morgan fingerprint density at radius 2 is 1.00 bits per heavy atom. The first-order chi connectivity index (χ1) is 14.7. The topological polar surface area (TPSA) is 11.4 Å². The van der Waals surface area contributed by atoms with E-state index in [1.807, 2.05) is 0 Å². The molecule has 30 heavy (non-hydrogen) atoms. The first-order valence-corrected chi connectivity index (χ1v) is 10.4. The van der Waals surface area contributed by atoms with Crippen molar-refractivity contribution in [3.05, 3.63) is 103 Å². The van der Waals surface area contributed by atoms with E-state index in [4.69, 9.17) is 0 Å². The van der Waals surface area contributed by atoms with Gasteiger partial charge in [-0.05, 0) is 42.0 Å². The van der Waals surface area contributed by atoms with Crippen LogP contribution in [0.5, 0.6) is 0 Å². The number of fused-ring (bicyclic) bond motifs is 4. The smallest absolute Gasteiger partial charge is 0.128 e. The zero-order chi connectivity index (χ0) is 20.2. The van der Waals surface area contributed by atoms with Crippen LogP contribution in [-0.4, -0.2) is 18.7 Å². The van der Waals surface area contributed by atoms with Gasteiger partial charge in [0.2, 0.25) is 0 Å². The number of rotatable bonds is 2. The van der Waals surface area contributed by atoms with Gasteiger partial charge in [-0.3, -0.25) is 0 Å². The average molecular weight is 390 g/mol. The maximum Gasteiger partial charge on any atom is 0.128 e. The molecule has 0 N–H and O–H groups in total. The molecule has 0 amide bonds. The second-order valence-corrected chi connectivity index (χ2v) is 8.05. The van der Waals surface area contributed by atoms with Crippen molar-refractivity contribution in [3.63, 3.8) is 0 Å². The Kier molecular flexibility index (Phi) is 3.66. The molecule has 0 saturated heterocycles. The molecule has 6 rings (SSSR count). The molecule has 3 nitrogen and oxygen atoms in total. The summed E-state index contributed by atoms with van der Waals surface area (Å²) in [6.07, 6.45) is 0.203. The number of para-hydroxylation sites is 4. The standard InChI is InChI=1S/C27H23N3/c1-28-25-13-7-8-14-26(25)29(2)27(28)19-15-17-20(18-16-19)30-23-11-5-3-9-21(23)22-10-4-6-12-24(22)30/h3-18,27H,1-2H3. The fourth-order valence-corrected chi connectivity index (χ4v) is 5.03. The van der Waals surface area contributed by atoms with E-state index in [-0.39, 0.29) is 6.17 Å². The first kappa shape index (κ1) is 17.2. The van der Waals surface area contributed by atoms with Crippen molar-refractivity contribution in [2.45, 2.75) is 6.17 Å². The summed E-state index contributed by atoms with van der Waals surface area (Å²) in [7, 11) is 4.35. The van der Waals surface area contributed by atoms with Crippen LogP contribution in [0.2, 0.25) is 0 Å². The van der Waals surface area contributed by atoms with Crippen LogP contribution >= 0.6 is 0 Å². The normalized spacial score (nSPS) is 14.1. The number of hydrogen-bond donors (Lipinski definition) is 0. The summed E-state index contributed by atoms with van der Waals surface area (Å²) in [5.74, 6) is 0. The molecule has 4 aromatic carbocycles. The minimum Gasteiger partial charge on any atom is -0.349 e. The number of nitrogens with zero attached hydrogens (tertiary/aromatic N) is 3. The Hall–Kier alpha value is -3.72. The van der Waals surface area contributed by atoms with Gasteiger partial charge in [0.25, 0.3) is 0 Å². The summed E-state index contributed by atoms with van der Waals surface area (Å²) in [6, 6.07) is 34.9. The average Bonchev–Trinajstić information content (AvgIpc) is 3.26. The highest BCUT2D eigenvalue weighted by Crippen LogP contribution is 2.44. The van der Waals surface area contributed by atoms with Gasteiger partial charge in [-0.25, -0.2) is 0 Å². The molecule has 0 spiro atoms. The van der Waals surface area contributed by atoms with Gasteiger partial charge < -0.3 is 14.4 Å². The van der Waals surface area contributed by atoms with Crippen molar-refractivity contribution >= 4 is 33.2 Å². The van der Waals surface area contributed by atoms with Crippen molar-refractivity contribution < 1.29 is 0 Å². The van der Waals surface area contributed by atoms with E-state index < -0.39 is 0 Å². The van der Waals surface area contributed by atoms with E-state index in [9.17, 15) is 0 Å². The van der Waals surface area contributed by atoms with Crippen LogP contribution in [0, 0.1) is 0 Å². The molecule has 0 saturated carbocycles. The Morgan fingerprint density at radius 1 is 0.533 bits per heavy atom. The third kappa shape index (κ3) is 2.32. The lowest BCUT2D eigenvalue weighted by atomic mass is 10.1. The van der Waals surface area contributed by atoms with Crippen molar-refractivity contribution in [2.75, 3.05) is 23.9 Å². The Bertz CT molecular complexity index is 1300. The van der Waals surface area contributed by atoms with Gasteiger partial charge in [-0.2, -0.15) is 0 Å². The van der Waals surface area contributed by atoms with Crippen molar-refractivity contribution in [3.8, 4) is 5.69 Å². The Labute approximate surface area is 176 Å². The van der Waals surface area contributed by atoms with Gasteiger partial charge in [-0.1, -0.05) is 60.7 Å². The molecule has 146 valence electrons. The molecule has 1 aliphatic rings. The summed E-state index contributed by atoms with van der Waals surface area (Å²) >= 11 is 0. The van der Waals surface area contributed by atoms with Crippen LogP contribution < -0.4 is 9.80 Å². The highest BCUT2D eigenvalue weighted by molar-refractivity contribution is 6.09. The minimum atomic E-state index is 0.203. The van der Waals surface area contributed by atoms with Gasteiger partial charge in [0.15, 0.2) is 0 Å². The van der Waals surface area contributed by atoms with Gasteiger partial charge >= 0.3 is 0 Å². The van der Waals surface area contributed by atoms with Crippen LogP contribution in [0.1, 0.15) is 11.7 Å². The van der Waals surface area contributed by atoms with Crippen molar-refractivity contribution in [2.24, 2.45) is 0 Å². The summed E-state index contributed by atoms with van der Waals surface area (Å²) < 4.78 is 2.37. The lowest BCUT2D eigenvalue weighted by Crippen LogP contribution is -2.30. The van der Waals surface area contributed by atoms with Crippen LogP contribution in [0.3, 0.4) is 0 Å². The van der Waals surface area contributed by atoms with Crippen LogP contribution in [0.4, 0.5) is 11.4 Å². The highest BCUT2D eigenvalue weighted by Gasteiger charge is 2.31. The molecule has 1 aromatic heterocycles. The van der Waals surface area contributed by atoms with E-state index in [2.05, 4.69) is 126 Å². The third-order valence-corrected chi connectivity index (χ3v) is 6.40. The molecule has 2 heterocycles. The monoisotopic (exact) mass is 389 g/mol. The van der Waals surface area contributed by atoms with Crippen LogP contribution in [0.25, 0.3) is 27.5 Å². The Morgan fingerprint density at radius 3 is 1.53 bits per heavy atom. The van der Waals surface area contributed by atoms with Gasteiger partial charge in [-0.15, -0.1) is 0 Å². The largest absolute Gasteiger partial charge is 0.349 e. The molecule has 1 aliphatic heterocycles. The molecular formula is C27H23N3. The van der Waals surface area contributed by atoms with Gasteiger partial charge in [0.1, 0.15) is 6.17 Å². The van der Waals surface area contributed by atoms with Gasteiger partial charge in [0.05, 0.1) is 22.4 Å². The zero-order valence-electron chi connectivity index (χ0n) is 17.2. The lowest BCUT2D eigenvalue weighted by Gasteiger charge is -2.28. The SMILES string of the molecule is CN1c2ccccc2N(C)C1c1ccc(-n2c3ccccc3c3ccccc32)cc1. The maximum absolute atomic E-state index is 2.37. The predicted octanol–water partition coefficient (Wildman–Crippen LogP) is 6.37. The molecule has 3 heteroatoms. The van der Waals surface area contributed by atoms with Crippen molar-refractivity contribution in [1.82, 2.24) is 4.57 Å². The van der Waals surface area contributed by atoms with Gasteiger partial charge in [0, 0.05) is 30.6 Å². The summed E-state index contributed by atoms with van der Waals surface area (Å²) in [5, 5.41) is 2.59. The number of hydrogen-bond acceptors (Lipinski definition) is 2. The van der Waals surface area contributed by atoms with E-state index >= 15 is 0 Å². The van der Waals surface area contributed by atoms with Crippen LogP contribution in [-0.2, 0) is 0 Å². The molecule has 0 radical (unpaired) electrons. The highest BCUT2D eigenvalue weighted by atomic mass is 15.4. The first-order valence-electron chi connectivity index (χ1n) is 10.4. The zero-order valence-corrected chi connectivity index (χ0v) is 17.2. The number of benzene rings is 4. The molecule has 0 aliphatic carbocycles. The molecular weight excluding hydrogens is 366 g/mol. The third-order valence-electron chi connectivity index (χ3n) is 6.40. The summed E-state index contributed by atoms with van der Waals surface area (Å²) in [5.41, 5.74) is 7.52. The van der Waals surface area contributed by atoms with Crippen LogP contribution in [0.15, 0.2) is 97.1 Å². The van der Waals surface area contributed by atoms with Crippen molar-refractivity contribution in [1.29, 1.82) is 0 Å². The van der Waals surface area contributed by atoms with E-state index in [0.29, 0.717) is 0 Å². The van der Waals surface area contributed by atoms with E-state index in [1.165, 1.54) is 44.4 Å². The molecule has 0 bridgehead atoms.